The lowest BCUT2D eigenvalue weighted by atomic mass is 10.1. The van der Waals surface area contributed by atoms with Crippen molar-refractivity contribution in [3.8, 4) is 0 Å². The van der Waals surface area contributed by atoms with Crippen LogP contribution < -0.4 is 16.0 Å². The summed E-state index contributed by atoms with van der Waals surface area (Å²) in [4.78, 5) is 40.1. The van der Waals surface area contributed by atoms with Crippen molar-refractivity contribution in [1.29, 1.82) is 0 Å². The minimum absolute atomic E-state index is 0.0385. The van der Waals surface area contributed by atoms with Crippen molar-refractivity contribution >= 4 is 81.7 Å². The molecule has 1 unspecified atom stereocenters. The first kappa shape index (κ1) is 31.2. The van der Waals surface area contributed by atoms with Gasteiger partial charge in [0.25, 0.3) is 11.8 Å². The molecular weight excluding hydrogens is 613 g/mol. The molecule has 0 radical (unpaired) electrons. The minimum atomic E-state index is -0.522. The van der Waals surface area contributed by atoms with Crippen LogP contribution >= 0.6 is 46.6 Å². The first-order valence-corrected chi connectivity index (χ1v) is 14.9. The van der Waals surface area contributed by atoms with Crippen LogP contribution in [-0.4, -0.2) is 23.0 Å². The van der Waals surface area contributed by atoms with Crippen LogP contribution in [0.15, 0.2) is 108 Å². The summed E-state index contributed by atoms with van der Waals surface area (Å²) in [5.74, 6) is -1.14. The molecule has 0 spiro atoms. The van der Waals surface area contributed by atoms with Gasteiger partial charge in [0.2, 0.25) is 5.91 Å². The molecule has 4 rings (SSSR count). The SMILES string of the molecule is CCC(Sc1cccc(NC(=O)/C(=C/c2cccc(Cl)c2)NC(=O)c2ccccc2)c1)C(=O)Nc1ccc(Cl)c(Cl)c1. The second kappa shape index (κ2) is 14.9. The Morgan fingerprint density at radius 2 is 1.52 bits per heavy atom. The molecule has 0 saturated heterocycles. The van der Waals surface area contributed by atoms with Crippen LogP contribution in [0.3, 0.4) is 0 Å². The Hall–Kier alpha value is -3.75. The van der Waals surface area contributed by atoms with Crippen molar-refractivity contribution in [3.05, 3.63) is 129 Å². The molecule has 0 bridgehead atoms. The Labute approximate surface area is 263 Å². The third kappa shape index (κ3) is 8.87. The zero-order valence-corrected chi connectivity index (χ0v) is 25.5. The molecule has 42 heavy (non-hydrogen) atoms. The van der Waals surface area contributed by atoms with Gasteiger partial charge in [-0.15, -0.1) is 11.8 Å². The van der Waals surface area contributed by atoms with Crippen LogP contribution in [-0.2, 0) is 9.59 Å². The third-order valence-corrected chi connectivity index (χ3v) is 8.24. The zero-order chi connectivity index (χ0) is 30.1. The van der Waals surface area contributed by atoms with Crippen molar-refractivity contribution < 1.29 is 14.4 Å². The van der Waals surface area contributed by atoms with E-state index in [1.54, 1.807) is 97.1 Å². The predicted octanol–water partition coefficient (Wildman–Crippen LogP) is 8.57. The molecule has 3 amide bonds. The predicted molar refractivity (Wildman–Crippen MR) is 173 cm³/mol. The number of benzene rings is 4. The topological polar surface area (TPSA) is 87.3 Å². The van der Waals surface area contributed by atoms with E-state index < -0.39 is 17.1 Å². The number of rotatable bonds is 10. The van der Waals surface area contributed by atoms with Gasteiger partial charge in [0.1, 0.15) is 5.70 Å². The highest BCUT2D eigenvalue weighted by atomic mass is 35.5. The van der Waals surface area contributed by atoms with Crippen molar-refractivity contribution in [3.63, 3.8) is 0 Å². The lowest BCUT2D eigenvalue weighted by Crippen LogP contribution is -2.30. The van der Waals surface area contributed by atoms with Crippen molar-refractivity contribution in [2.24, 2.45) is 0 Å². The van der Waals surface area contributed by atoms with E-state index in [1.165, 1.54) is 11.8 Å². The molecule has 0 aromatic heterocycles. The number of hydrogen-bond donors (Lipinski definition) is 3. The molecule has 4 aromatic rings. The van der Waals surface area contributed by atoms with Crippen molar-refractivity contribution in [2.75, 3.05) is 10.6 Å². The summed E-state index contributed by atoms with van der Waals surface area (Å²) in [5, 5.41) is 9.28. The molecule has 0 fully saturated rings. The van der Waals surface area contributed by atoms with Crippen LogP contribution in [0.2, 0.25) is 15.1 Å². The number of carbonyl (C=O) groups is 3. The van der Waals surface area contributed by atoms with E-state index in [2.05, 4.69) is 16.0 Å². The minimum Gasteiger partial charge on any atom is -0.325 e. The second-order valence-electron chi connectivity index (χ2n) is 9.05. The normalized spacial score (nSPS) is 11.9. The molecule has 0 aliphatic rings. The fourth-order valence-corrected chi connectivity index (χ4v) is 5.34. The summed E-state index contributed by atoms with van der Waals surface area (Å²) in [7, 11) is 0. The van der Waals surface area contributed by atoms with Crippen molar-refractivity contribution in [1.82, 2.24) is 5.32 Å². The Balaban J connectivity index is 1.50. The highest BCUT2D eigenvalue weighted by molar-refractivity contribution is 8.00. The van der Waals surface area contributed by atoms with Gasteiger partial charge in [0.15, 0.2) is 0 Å². The quantitative estimate of drug-likeness (QED) is 0.120. The van der Waals surface area contributed by atoms with Gasteiger partial charge in [-0.2, -0.15) is 0 Å². The van der Waals surface area contributed by atoms with Gasteiger partial charge in [-0.25, -0.2) is 0 Å². The molecule has 0 aliphatic carbocycles. The lowest BCUT2D eigenvalue weighted by molar-refractivity contribution is -0.116. The van der Waals surface area contributed by atoms with E-state index in [9.17, 15) is 14.4 Å². The van der Waals surface area contributed by atoms with Crippen molar-refractivity contribution in [2.45, 2.75) is 23.5 Å². The molecule has 0 saturated carbocycles. The molecule has 0 heterocycles. The zero-order valence-electron chi connectivity index (χ0n) is 22.4. The van der Waals surface area contributed by atoms with Crippen LogP contribution in [0.1, 0.15) is 29.3 Å². The van der Waals surface area contributed by atoms with E-state index in [0.29, 0.717) is 44.0 Å². The highest BCUT2D eigenvalue weighted by Gasteiger charge is 2.20. The summed E-state index contributed by atoms with van der Waals surface area (Å²) in [5.41, 5.74) is 2.13. The van der Waals surface area contributed by atoms with Gasteiger partial charge in [0, 0.05) is 26.9 Å². The number of anilines is 2. The standard InChI is InChI=1S/C32H26Cl3N3O3S/c1-2-29(32(41)37-24-14-15-26(34)27(35)19-24)42-25-13-7-12-23(18-25)36-31(40)28(17-20-8-6-11-22(33)16-20)38-30(39)21-9-4-3-5-10-21/h3-19,29H,2H2,1H3,(H,36,40)(H,37,41)(H,38,39)/b28-17-. The number of thioether (sulfide) groups is 1. The molecular formula is C32H26Cl3N3O3S. The van der Waals surface area contributed by atoms with E-state index in [1.807, 2.05) is 13.0 Å². The molecule has 214 valence electrons. The summed E-state index contributed by atoms with van der Waals surface area (Å²) in [6, 6.07) is 27.6. The smallest absolute Gasteiger partial charge is 0.272 e. The van der Waals surface area contributed by atoms with Crippen LogP contribution in [0.5, 0.6) is 0 Å². The van der Waals surface area contributed by atoms with E-state index >= 15 is 0 Å². The second-order valence-corrected chi connectivity index (χ2v) is 11.6. The fourth-order valence-electron chi connectivity index (χ4n) is 3.83. The van der Waals surface area contributed by atoms with E-state index in [4.69, 9.17) is 34.8 Å². The summed E-state index contributed by atoms with van der Waals surface area (Å²) in [6.45, 7) is 1.92. The third-order valence-electron chi connectivity index (χ3n) is 5.91. The van der Waals surface area contributed by atoms with Gasteiger partial charge in [0.05, 0.1) is 15.3 Å². The largest absolute Gasteiger partial charge is 0.325 e. The Morgan fingerprint density at radius 3 is 2.24 bits per heavy atom. The fraction of sp³-hybridized carbons (Fsp3) is 0.0938. The number of amides is 3. The number of hydrogen-bond acceptors (Lipinski definition) is 4. The molecule has 6 nitrogen and oxygen atoms in total. The average Bonchev–Trinajstić information content (AvgIpc) is 2.98. The molecule has 10 heteroatoms. The van der Waals surface area contributed by atoms with Gasteiger partial charge in [-0.3, -0.25) is 14.4 Å². The van der Waals surface area contributed by atoms with Gasteiger partial charge in [-0.1, -0.05) is 78.1 Å². The first-order chi connectivity index (χ1) is 20.2. The first-order valence-electron chi connectivity index (χ1n) is 12.9. The Bertz CT molecular complexity index is 1630. The lowest BCUT2D eigenvalue weighted by Gasteiger charge is -2.16. The number of halogens is 3. The maximum atomic E-state index is 13.4. The summed E-state index contributed by atoms with van der Waals surface area (Å²) in [6.07, 6.45) is 2.12. The van der Waals surface area contributed by atoms with E-state index in [-0.39, 0.29) is 11.6 Å². The molecule has 0 aliphatic heterocycles. The van der Waals surface area contributed by atoms with Crippen LogP contribution in [0, 0.1) is 0 Å². The van der Waals surface area contributed by atoms with Crippen LogP contribution in [0.4, 0.5) is 11.4 Å². The average molecular weight is 639 g/mol. The molecule has 1 atom stereocenters. The maximum absolute atomic E-state index is 13.4. The Kier molecular flexibility index (Phi) is 11.1. The van der Waals surface area contributed by atoms with E-state index in [0.717, 1.165) is 4.90 Å². The monoisotopic (exact) mass is 637 g/mol. The molecule has 3 N–H and O–H groups in total. The highest BCUT2D eigenvalue weighted by Crippen LogP contribution is 2.30. The van der Waals surface area contributed by atoms with Gasteiger partial charge < -0.3 is 16.0 Å². The van der Waals surface area contributed by atoms with Gasteiger partial charge >= 0.3 is 0 Å². The van der Waals surface area contributed by atoms with Gasteiger partial charge in [-0.05, 0) is 78.7 Å². The summed E-state index contributed by atoms with van der Waals surface area (Å²) >= 11 is 19.5. The number of carbonyl (C=O) groups excluding carboxylic acids is 3. The summed E-state index contributed by atoms with van der Waals surface area (Å²) < 4.78 is 0. The maximum Gasteiger partial charge on any atom is 0.272 e. The Morgan fingerprint density at radius 1 is 0.786 bits per heavy atom. The number of nitrogens with one attached hydrogen (secondary N) is 3. The molecule has 4 aromatic carbocycles. The van der Waals surface area contributed by atoms with Crippen LogP contribution in [0.25, 0.3) is 6.08 Å².